The quantitative estimate of drug-likeness (QED) is 0.208. The van der Waals surface area contributed by atoms with Gasteiger partial charge in [-0.1, -0.05) is 63.3 Å². The summed E-state index contributed by atoms with van der Waals surface area (Å²) >= 11 is 0. The molecule has 0 heterocycles. The zero-order valence-electron chi connectivity index (χ0n) is 18.5. The number of nitrogens with zero attached hydrogens (tertiary/aromatic N) is 1. The summed E-state index contributed by atoms with van der Waals surface area (Å²) in [4.78, 5) is 10.3. The van der Waals surface area contributed by atoms with Crippen molar-refractivity contribution >= 4 is 5.97 Å². The molecule has 0 saturated heterocycles. The molecule has 0 fully saturated rings. The molecule has 0 radical (unpaired) electrons. The number of unbranched alkanes of at least 4 members (excludes halogenated alkanes) is 8. The number of rotatable bonds is 16. The van der Waals surface area contributed by atoms with Gasteiger partial charge in [-0.2, -0.15) is 0 Å². The maximum atomic E-state index is 10.3. The zero-order chi connectivity index (χ0) is 20.8. The summed E-state index contributed by atoms with van der Waals surface area (Å²) in [6, 6.07) is 0. The van der Waals surface area contributed by atoms with E-state index in [1.165, 1.54) is 44.9 Å². The summed E-state index contributed by atoms with van der Waals surface area (Å²) < 4.78 is 0.844. The Morgan fingerprint density at radius 2 is 1.33 bits per heavy atom. The van der Waals surface area contributed by atoms with E-state index in [2.05, 4.69) is 52.4 Å². The summed E-state index contributed by atoms with van der Waals surface area (Å²) in [7, 11) is 6.16. The van der Waals surface area contributed by atoms with Crippen LogP contribution in [0.4, 0.5) is 0 Å². The van der Waals surface area contributed by atoms with Crippen molar-refractivity contribution in [3.63, 3.8) is 0 Å². The minimum absolute atomic E-state index is 0.281. The first kappa shape index (κ1) is 28.1. The first-order valence-electron chi connectivity index (χ1n) is 10.8. The Hall–Kier alpha value is -1.13. The molecule has 0 saturated carbocycles. The van der Waals surface area contributed by atoms with Gasteiger partial charge in [-0.25, -0.2) is 0 Å². The molecule has 0 aliphatic carbocycles. The topological polar surface area (TPSA) is 57.5 Å². The number of aliphatic carboxylic acids is 1. The van der Waals surface area contributed by atoms with Crippen LogP contribution in [0.15, 0.2) is 24.3 Å². The molecule has 0 spiro atoms. The number of carboxylic acids is 1. The lowest BCUT2D eigenvalue weighted by Crippen LogP contribution is -2.36. The highest BCUT2D eigenvalue weighted by atomic mass is 16.4. The van der Waals surface area contributed by atoms with Gasteiger partial charge in [-0.05, 0) is 38.5 Å². The lowest BCUT2D eigenvalue weighted by atomic mass is 10.1. The molecular weight excluding hydrogens is 338 g/mol. The van der Waals surface area contributed by atoms with E-state index in [4.69, 9.17) is 10.2 Å². The Kier molecular flexibility index (Phi) is 22.0. The normalized spacial score (nSPS) is 11.7. The van der Waals surface area contributed by atoms with Crippen molar-refractivity contribution < 1.29 is 19.5 Å². The highest BCUT2D eigenvalue weighted by molar-refractivity contribution is 5.66. The third-order valence-corrected chi connectivity index (χ3v) is 4.11. The van der Waals surface area contributed by atoms with Gasteiger partial charge in [0.05, 0.1) is 27.7 Å². The molecule has 0 atom stereocenters. The fourth-order valence-electron chi connectivity index (χ4n) is 2.39. The molecule has 2 N–H and O–H groups in total. The van der Waals surface area contributed by atoms with Crippen LogP contribution in [0.1, 0.15) is 84.0 Å². The molecule has 0 aliphatic heterocycles. The number of likely N-dealkylation sites (N-methyl/N-ethyl adjacent to an activating group) is 1. The lowest BCUT2D eigenvalue weighted by Gasteiger charge is -2.21. The van der Waals surface area contributed by atoms with Crippen molar-refractivity contribution in [2.75, 3.05) is 34.3 Å². The zero-order valence-corrected chi connectivity index (χ0v) is 18.5. The van der Waals surface area contributed by atoms with E-state index in [0.717, 1.165) is 36.7 Å². The summed E-state index contributed by atoms with van der Waals surface area (Å²) in [6.45, 7) is 3.35. The standard InChI is InChI=1S/C18H32O2.C5H14NO/c1-2-3-4-5-6-7-8-9-10-11-12-13-14-15-16-17-18(19)20;1-6(2,3)4-5-7/h6-7,9-10H,2-5,8,11-17H2,1H3,(H,19,20);7H,4-5H2,1-3H3/q;+1/b7-6-,10-9-;. The second-order valence-corrected chi connectivity index (χ2v) is 8.11. The summed E-state index contributed by atoms with van der Waals surface area (Å²) in [6.07, 6.45) is 22.3. The van der Waals surface area contributed by atoms with Crippen molar-refractivity contribution in [3.8, 4) is 0 Å². The largest absolute Gasteiger partial charge is 0.481 e. The van der Waals surface area contributed by atoms with Crippen LogP contribution in [-0.2, 0) is 4.79 Å². The molecule has 27 heavy (non-hydrogen) atoms. The number of hydrogen-bond donors (Lipinski definition) is 2. The predicted molar refractivity (Wildman–Crippen MR) is 117 cm³/mol. The molecule has 0 bridgehead atoms. The van der Waals surface area contributed by atoms with E-state index in [-0.39, 0.29) is 6.61 Å². The lowest BCUT2D eigenvalue weighted by molar-refractivity contribution is -0.870. The number of carboxylic acid groups (broad SMARTS) is 1. The van der Waals surface area contributed by atoms with Crippen LogP contribution < -0.4 is 0 Å². The third kappa shape index (κ3) is 32.9. The molecule has 4 nitrogen and oxygen atoms in total. The van der Waals surface area contributed by atoms with Gasteiger partial charge in [0.15, 0.2) is 0 Å². The van der Waals surface area contributed by atoms with Gasteiger partial charge in [-0.15, -0.1) is 0 Å². The van der Waals surface area contributed by atoms with Gasteiger partial charge in [0.2, 0.25) is 0 Å². The van der Waals surface area contributed by atoms with Gasteiger partial charge < -0.3 is 14.7 Å². The van der Waals surface area contributed by atoms with E-state index in [1.807, 2.05) is 0 Å². The Morgan fingerprint density at radius 1 is 0.815 bits per heavy atom. The van der Waals surface area contributed by atoms with E-state index in [1.54, 1.807) is 0 Å². The van der Waals surface area contributed by atoms with Crippen molar-refractivity contribution in [3.05, 3.63) is 24.3 Å². The molecule has 0 amide bonds. The van der Waals surface area contributed by atoms with E-state index in [0.29, 0.717) is 6.42 Å². The first-order chi connectivity index (χ1) is 12.8. The molecule has 0 aromatic heterocycles. The van der Waals surface area contributed by atoms with Gasteiger partial charge >= 0.3 is 5.97 Å². The average Bonchev–Trinajstić information content (AvgIpc) is 2.57. The Balaban J connectivity index is 0. The van der Waals surface area contributed by atoms with Crippen LogP contribution >= 0.6 is 0 Å². The van der Waals surface area contributed by atoms with Crippen LogP contribution in [0, 0.1) is 0 Å². The fraction of sp³-hybridized carbons (Fsp3) is 0.783. The Bertz CT molecular complexity index is 370. The first-order valence-corrected chi connectivity index (χ1v) is 10.8. The van der Waals surface area contributed by atoms with Crippen molar-refractivity contribution in [2.45, 2.75) is 84.0 Å². The molecule has 4 heteroatoms. The number of allylic oxidation sites excluding steroid dienone is 4. The molecular formula is C23H46NO3+. The Labute approximate surface area is 168 Å². The fourth-order valence-corrected chi connectivity index (χ4v) is 2.39. The molecule has 0 aromatic carbocycles. The van der Waals surface area contributed by atoms with Crippen molar-refractivity contribution in [1.82, 2.24) is 0 Å². The SMILES string of the molecule is CCCCC/C=C\C/C=C\CCCCCCCC(=O)O.C[N+](C)(C)CCO. The number of carbonyl (C=O) groups is 1. The van der Waals surface area contributed by atoms with Gasteiger partial charge in [0.25, 0.3) is 0 Å². The van der Waals surface area contributed by atoms with Crippen LogP contribution in [0.3, 0.4) is 0 Å². The second kappa shape index (κ2) is 21.2. The maximum absolute atomic E-state index is 10.3. The highest BCUT2D eigenvalue weighted by Gasteiger charge is 2.02. The van der Waals surface area contributed by atoms with Gasteiger partial charge in [0.1, 0.15) is 6.54 Å². The average molecular weight is 385 g/mol. The molecule has 160 valence electrons. The number of aliphatic hydroxyl groups is 1. The van der Waals surface area contributed by atoms with Gasteiger partial charge in [-0.3, -0.25) is 4.79 Å². The summed E-state index contributed by atoms with van der Waals surface area (Å²) in [5.41, 5.74) is 0. The number of aliphatic hydroxyl groups excluding tert-OH is 1. The van der Waals surface area contributed by atoms with E-state index >= 15 is 0 Å². The minimum Gasteiger partial charge on any atom is -0.481 e. The van der Waals surface area contributed by atoms with Crippen molar-refractivity contribution in [1.29, 1.82) is 0 Å². The minimum atomic E-state index is -0.671. The molecule has 0 aromatic rings. The summed E-state index contributed by atoms with van der Waals surface area (Å²) in [5.74, 6) is -0.671. The third-order valence-electron chi connectivity index (χ3n) is 4.11. The van der Waals surface area contributed by atoms with E-state index < -0.39 is 5.97 Å². The number of hydrogen-bond acceptors (Lipinski definition) is 2. The predicted octanol–water partition coefficient (Wildman–Crippen LogP) is 5.57. The van der Waals surface area contributed by atoms with Crippen LogP contribution in [0.25, 0.3) is 0 Å². The smallest absolute Gasteiger partial charge is 0.303 e. The summed E-state index contributed by atoms with van der Waals surface area (Å²) in [5, 5.41) is 16.9. The molecule has 0 aliphatic rings. The Morgan fingerprint density at radius 3 is 1.78 bits per heavy atom. The highest BCUT2D eigenvalue weighted by Crippen LogP contribution is 2.08. The van der Waals surface area contributed by atoms with Crippen LogP contribution in [-0.4, -0.2) is 55.0 Å². The molecule has 0 rings (SSSR count). The van der Waals surface area contributed by atoms with Crippen LogP contribution in [0.5, 0.6) is 0 Å². The number of quaternary nitrogens is 1. The van der Waals surface area contributed by atoms with Crippen molar-refractivity contribution in [2.24, 2.45) is 0 Å². The second-order valence-electron chi connectivity index (χ2n) is 8.11. The molecule has 0 unspecified atom stereocenters. The maximum Gasteiger partial charge on any atom is 0.303 e. The van der Waals surface area contributed by atoms with E-state index in [9.17, 15) is 4.79 Å². The van der Waals surface area contributed by atoms with Gasteiger partial charge in [0, 0.05) is 6.42 Å². The van der Waals surface area contributed by atoms with Crippen LogP contribution in [0.2, 0.25) is 0 Å². The monoisotopic (exact) mass is 384 g/mol.